The van der Waals surface area contributed by atoms with Crippen molar-refractivity contribution in [3.63, 3.8) is 0 Å². The van der Waals surface area contributed by atoms with Gasteiger partial charge in [0.25, 0.3) is 0 Å². The highest BCUT2D eigenvalue weighted by Crippen LogP contribution is 2.11. The van der Waals surface area contributed by atoms with E-state index in [1.807, 2.05) is 6.08 Å². The fraction of sp³-hybridized carbons (Fsp3) is 0.500. The topological polar surface area (TPSA) is 13.1 Å². The van der Waals surface area contributed by atoms with Crippen molar-refractivity contribution < 1.29 is 4.42 Å². The molecule has 1 rings (SSSR count). The summed E-state index contributed by atoms with van der Waals surface area (Å²) < 4.78 is 5.59. The molecule has 0 saturated carbocycles. The predicted molar refractivity (Wildman–Crippen MR) is 55.8 cm³/mol. The largest absolute Gasteiger partial charge is 0.466 e. The maximum atomic E-state index is 5.59. The van der Waals surface area contributed by atoms with E-state index >= 15 is 0 Å². The van der Waals surface area contributed by atoms with E-state index in [1.165, 1.54) is 12.8 Å². The Morgan fingerprint density at radius 1 is 1.31 bits per heavy atom. The molecule has 0 aromatic carbocycles. The second kappa shape index (κ2) is 5.63. The minimum absolute atomic E-state index is 0.993. The SMILES string of the molecule is C=CCCCCc1ccc(CC)o1. The van der Waals surface area contributed by atoms with E-state index in [9.17, 15) is 0 Å². The van der Waals surface area contributed by atoms with Crippen LogP contribution in [0.15, 0.2) is 29.2 Å². The molecule has 0 spiro atoms. The smallest absolute Gasteiger partial charge is 0.104 e. The number of hydrogen-bond donors (Lipinski definition) is 0. The second-order valence-electron chi connectivity index (χ2n) is 3.26. The van der Waals surface area contributed by atoms with Crippen molar-refractivity contribution in [2.45, 2.75) is 39.0 Å². The van der Waals surface area contributed by atoms with Gasteiger partial charge in [-0.2, -0.15) is 0 Å². The molecule has 1 nitrogen and oxygen atoms in total. The predicted octanol–water partition coefficient (Wildman–Crippen LogP) is 3.74. The van der Waals surface area contributed by atoms with E-state index in [4.69, 9.17) is 4.42 Å². The summed E-state index contributed by atoms with van der Waals surface area (Å²) in [5.74, 6) is 2.22. The molecule has 0 aliphatic heterocycles. The summed E-state index contributed by atoms with van der Waals surface area (Å²) in [6, 6.07) is 4.16. The number of rotatable bonds is 6. The Morgan fingerprint density at radius 3 is 2.69 bits per heavy atom. The van der Waals surface area contributed by atoms with E-state index in [-0.39, 0.29) is 0 Å². The van der Waals surface area contributed by atoms with Crippen LogP contribution in [0.3, 0.4) is 0 Å². The van der Waals surface area contributed by atoms with Gasteiger partial charge in [-0.15, -0.1) is 6.58 Å². The highest BCUT2D eigenvalue weighted by atomic mass is 16.3. The quantitative estimate of drug-likeness (QED) is 0.477. The van der Waals surface area contributed by atoms with Gasteiger partial charge >= 0.3 is 0 Å². The fourth-order valence-electron chi connectivity index (χ4n) is 1.33. The van der Waals surface area contributed by atoms with Crippen LogP contribution < -0.4 is 0 Å². The van der Waals surface area contributed by atoms with Gasteiger partial charge in [0.1, 0.15) is 11.5 Å². The van der Waals surface area contributed by atoms with Gasteiger partial charge in [-0.3, -0.25) is 0 Å². The molecule has 1 heterocycles. The van der Waals surface area contributed by atoms with Crippen LogP contribution in [0.1, 0.15) is 37.7 Å². The van der Waals surface area contributed by atoms with Crippen LogP contribution in [0.4, 0.5) is 0 Å². The van der Waals surface area contributed by atoms with Crippen molar-refractivity contribution in [1.82, 2.24) is 0 Å². The minimum atomic E-state index is 0.993. The van der Waals surface area contributed by atoms with Gasteiger partial charge in [0, 0.05) is 12.8 Å². The number of aryl methyl sites for hydroxylation is 2. The third kappa shape index (κ3) is 3.49. The van der Waals surface area contributed by atoms with Crippen molar-refractivity contribution in [3.05, 3.63) is 36.3 Å². The lowest BCUT2D eigenvalue weighted by molar-refractivity contribution is 0.462. The second-order valence-corrected chi connectivity index (χ2v) is 3.26. The van der Waals surface area contributed by atoms with E-state index in [1.54, 1.807) is 0 Å². The zero-order valence-corrected chi connectivity index (χ0v) is 8.38. The standard InChI is InChI=1S/C12H18O/c1-3-5-6-7-8-12-10-9-11(4-2)13-12/h3,9-10H,1,4-8H2,2H3. The van der Waals surface area contributed by atoms with Gasteiger partial charge in [-0.1, -0.05) is 13.0 Å². The Labute approximate surface area is 80.5 Å². The molecular formula is C12H18O. The molecule has 0 atom stereocenters. The molecule has 0 aliphatic rings. The van der Waals surface area contributed by atoms with E-state index < -0.39 is 0 Å². The molecule has 0 unspecified atom stereocenters. The lowest BCUT2D eigenvalue weighted by Gasteiger charge is -1.95. The minimum Gasteiger partial charge on any atom is -0.466 e. The molecule has 0 amide bonds. The van der Waals surface area contributed by atoms with Crippen LogP contribution in [0.2, 0.25) is 0 Å². The summed E-state index contributed by atoms with van der Waals surface area (Å²) in [4.78, 5) is 0. The van der Waals surface area contributed by atoms with E-state index in [0.717, 1.165) is 30.8 Å². The first-order chi connectivity index (χ1) is 6.36. The van der Waals surface area contributed by atoms with Crippen molar-refractivity contribution in [2.75, 3.05) is 0 Å². The summed E-state index contributed by atoms with van der Waals surface area (Å²) in [5.41, 5.74) is 0. The normalized spacial score (nSPS) is 10.2. The Balaban J connectivity index is 2.24. The van der Waals surface area contributed by atoms with Crippen molar-refractivity contribution >= 4 is 0 Å². The van der Waals surface area contributed by atoms with Gasteiger partial charge < -0.3 is 4.42 Å². The lowest BCUT2D eigenvalue weighted by Crippen LogP contribution is -1.81. The van der Waals surface area contributed by atoms with Crippen LogP contribution in [0.5, 0.6) is 0 Å². The summed E-state index contributed by atoms with van der Waals surface area (Å²) in [7, 11) is 0. The summed E-state index contributed by atoms with van der Waals surface area (Å²) in [5, 5.41) is 0. The molecular weight excluding hydrogens is 160 g/mol. The monoisotopic (exact) mass is 178 g/mol. The first kappa shape index (κ1) is 10.1. The van der Waals surface area contributed by atoms with Crippen LogP contribution >= 0.6 is 0 Å². The third-order valence-electron chi connectivity index (χ3n) is 2.15. The molecule has 0 saturated heterocycles. The molecule has 1 aromatic rings. The van der Waals surface area contributed by atoms with Crippen molar-refractivity contribution in [1.29, 1.82) is 0 Å². The maximum Gasteiger partial charge on any atom is 0.104 e. The molecule has 0 fully saturated rings. The molecule has 1 heteroatoms. The molecule has 13 heavy (non-hydrogen) atoms. The maximum absolute atomic E-state index is 5.59. The van der Waals surface area contributed by atoms with E-state index in [2.05, 4.69) is 25.6 Å². The van der Waals surface area contributed by atoms with Gasteiger partial charge in [-0.25, -0.2) is 0 Å². The first-order valence-corrected chi connectivity index (χ1v) is 5.05. The molecule has 1 aromatic heterocycles. The number of allylic oxidation sites excluding steroid dienone is 1. The van der Waals surface area contributed by atoms with Crippen LogP contribution in [-0.2, 0) is 12.8 Å². The van der Waals surface area contributed by atoms with Crippen molar-refractivity contribution in [3.8, 4) is 0 Å². The zero-order valence-electron chi connectivity index (χ0n) is 8.38. The molecule has 0 N–H and O–H groups in total. The Hall–Kier alpha value is -0.980. The highest BCUT2D eigenvalue weighted by molar-refractivity contribution is 5.06. The summed E-state index contributed by atoms with van der Waals surface area (Å²) in [6.45, 7) is 5.81. The van der Waals surface area contributed by atoms with Crippen LogP contribution in [0, 0.1) is 0 Å². The van der Waals surface area contributed by atoms with Crippen molar-refractivity contribution in [2.24, 2.45) is 0 Å². The lowest BCUT2D eigenvalue weighted by atomic mass is 10.1. The Kier molecular flexibility index (Phi) is 4.37. The zero-order chi connectivity index (χ0) is 9.52. The molecule has 0 radical (unpaired) electrons. The van der Waals surface area contributed by atoms with Gasteiger partial charge in [0.05, 0.1) is 0 Å². The Bertz CT molecular complexity index is 247. The van der Waals surface area contributed by atoms with Crippen LogP contribution in [-0.4, -0.2) is 0 Å². The fourth-order valence-corrected chi connectivity index (χ4v) is 1.33. The third-order valence-corrected chi connectivity index (χ3v) is 2.15. The highest BCUT2D eigenvalue weighted by Gasteiger charge is 1.99. The molecule has 0 bridgehead atoms. The van der Waals surface area contributed by atoms with Gasteiger partial charge in [0.2, 0.25) is 0 Å². The van der Waals surface area contributed by atoms with E-state index in [0.29, 0.717) is 0 Å². The number of unbranched alkanes of at least 4 members (excludes halogenated alkanes) is 2. The number of hydrogen-bond acceptors (Lipinski definition) is 1. The Morgan fingerprint density at radius 2 is 2.08 bits per heavy atom. The average molecular weight is 178 g/mol. The number of furan rings is 1. The van der Waals surface area contributed by atoms with Gasteiger partial charge in [0.15, 0.2) is 0 Å². The van der Waals surface area contributed by atoms with Crippen LogP contribution in [0.25, 0.3) is 0 Å². The average Bonchev–Trinajstić information content (AvgIpc) is 2.60. The molecule has 72 valence electrons. The van der Waals surface area contributed by atoms with Gasteiger partial charge in [-0.05, 0) is 31.4 Å². The summed E-state index contributed by atoms with van der Waals surface area (Å²) in [6.07, 6.45) is 7.55. The summed E-state index contributed by atoms with van der Waals surface area (Å²) >= 11 is 0. The molecule has 0 aliphatic carbocycles. The first-order valence-electron chi connectivity index (χ1n) is 5.05.